The van der Waals surface area contributed by atoms with Crippen LogP contribution in [0.25, 0.3) is 0 Å². The van der Waals surface area contributed by atoms with Gasteiger partial charge in [-0.15, -0.1) is 0 Å². The third-order valence-electron chi connectivity index (χ3n) is 2.92. The zero-order valence-electron chi connectivity index (χ0n) is 11.4. The van der Waals surface area contributed by atoms with Crippen LogP contribution in [0.3, 0.4) is 0 Å². The molecule has 2 rings (SSSR count). The first kappa shape index (κ1) is 13.5. The smallest absolute Gasteiger partial charge is 0.0743 e. The highest BCUT2D eigenvalue weighted by Gasteiger charge is 2.07. The van der Waals surface area contributed by atoms with Crippen molar-refractivity contribution in [3.8, 4) is 0 Å². The Kier molecular flexibility index (Phi) is 4.52. The molecule has 2 aromatic rings. The van der Waals surface area contributed by atoms with Gasteiger partial charge in [0.25, 0.3) is 0 Å². The van der Waals surface area contributed by atoms with Gasteiger partial charge in [0, 0.05) is 13.6 Å². The molecule has 0 radical (unpaired) electrons. The van der Waals surface area contributed by atoms with Crippen LogP contribution in [0, 0.1) is 6.92 Å². The van der Waals surface area contributed by atoms with Crippen LogP contribution >= 0.6 is 0 Å². The molecule has 0 fully saturated rings. The summed E-state index contributed by atoms with van der Waals surface area (Å²) in [7, 11) is 1.96. The molecule has 0 amide bonds. The number of nitrogens with two attached hydrogens (primary N) is 1. The Labute approximate surface area is 114 Å². The summed E-state index contributed by atoms with van der Waals surface area (Å²) >= 11 is 0. The number of benzene rings is 2. The molecule has 0 saturated heterocycles. The van der Waals surface area contributed by atoms with E-state index < -0.39 is 0 Å². The zero-order valence-corrected chi connectivity index (χ0v) is 11.4. The lowest BCUT2D eigenvalue weighted by atomic mass is 10.2. The number of hydrogen-bond donors (Lipinski definition) is 2. The molecule has 100 valence electrons. The third-order valence-corrected chi connectivity index (χ3v) is 2.92. The van der Waals surface area contributed by atoms with Crippen LogP contribution in [0.4, 0.5) is 5.69 Å². The molecule has 2 aromatic carbocycles. The van der Waals surface area contributed by atoms with Gasteiger partial charge < -0.3 is 0 Å². The summed E-state index contributed by atoms with van der Waals surface area (Å²) in [4.78, 5) is 0. The van der Waals surface area contributed by atoms with Gasteiger partial charge in [-0.2, -0.15) is 5.53 Å². The van der Waals surface area contributed by atoms with E-state index in [0.29, 0.717) is 0 Å². The number of anilines is 1. The lowest BCUT2D eigenvalue weighted by Crippen LogP contribution is -2.52. The molecule has 0 saturated carbocycles. The fourth-order valence-electron chi connectivity index (χ4n) is 1.96. The van der Waals surface area contributed by atoms with Crippen LogP contribution in [-0.4, -0.2) is 12.1 Å². The Balaban J connectivity index is 1.96. The number of hydrazine groups is 3. The van der Waals surface area contributed by atoms with E-state index in [1.54, 1.807) is 0 Å². The summed E-state index contributed by atoms with van der Waals surface area (Å²) in [6.45, 7) is 2.81. The predicted molar refractivity (Wildman–Crippen MR) is 78.9 cm³/mol. The molecule has 0 aliphatic carbocycles. The topological polar surface area (TPSA) is 44.5 Å². The number of nitrogens with one attached hydrogen (secondary N) is 1. The van der Waals surface area contributed by atoms with Crippen molar-refractivity contribution in [1.82, 2.24) is 10.5 Å². The number of rotatable bonds is 5. The van der Waals surface area contributed by atoms with Gasteiger partial charge in [-0.3, -0.25) is 0 Å². The van der Waals surface area contributed by atoms with Crippen molar-refractivity contribution in [2.45, 2.75) is 13.5 Å². The maximum Gasteiger partial charge on any atom is 0.0743 e. The second-order valence-electron chi connectivity index (χ2n) is 4.60. The highest BCUT2D eigenvalue weighted by molar-refractivity contribution is 5.50. The predicted octanol–water partition coefficient (Wildman–Crippen LogP) is 2.23. The molecule has 4 nitrogen and oxygen atoms in total. The minimum Gasteiger partial charge on any atom is -0.232 e. The van der Waals surface area contributed by atoms with Crippen LogP contribution in [0.1, 0.15) is 11.1 Å². The molecule has 19 heavy (non-hydrogen) atoms. The van der Waals surface area contributed by atoms with Gasteiger partial charge in [0.1, 0.15) is 0 Å². The quantitative estimate of drug-likeness (QED) is 0.636. The van der Waals surface area contributed by atoms with Gasteiger partial charge in [-0.25, -0.2) is 16.0 Å². The first-order valence-electron chi connectivity index (χ1n) is 6.28. The molecule has 3 N–H and O–H groups in total. The minimum absolute atomic E-state index is 0.778. The highest BCUT2D eigenvalue weighted by atomic mass is 15.8. The van der Waals surface area contributed by atoms with Crippen molar-refractivity contribution in [3.05, 3.63) is 65.7 Å². The Morgan fingerprint density at radius 2 is 1.63 bits per heavy atom. The molecule has 0 bridgehead atoms. The molecule has 0 spiro atoms. The summed E-state index contributed by atoms with van der Waals surface area (Å²) < 4.78 is 0. The fraction of sp³-hybridized carbons (Fsp3) is 0.200. The SMILES string of the molecule is Cc1ccccc1N(N)NN(C)Cc1ccccc1. The molecule has 0 unspecified atom stereocenters. The van der Waals surface area contributed by atoms with Gasteiger partial charge in [0.05, 0.1) is 5.69 Å². The van der Waals surface area contributed by atoms with Crippen molar-refractivity contribution in [2.75, 3.05) is 12.2 Å². The van der Waals surface area contributed by atoms with Crippen molar-refractivity contribution in [1.29, 1.82) is 0 Å². The third kappa shape index (κ3) is 3.79. The Hall–Kier alpha value is -1.88. The molecular formula is C15H20N4. The van der Waals surface area contributed by atoms with E-state index in [0.717, 1.165) is 17.8 Å². The Bertz CT molecular complexity index is 513. The van der Waals surface area contributed by atoms with Crippen LogP contribution in [0.2, 0.25) is 0 Å². The van der Waals surface area contributed by atoms with Crippen LogP contribution in [0.15, 0.2) is 54.6 Å². The van der Waals surface area contributed by atoms with Gasteiger partial charge in [-0.1, -0.05) is 48.5 Å². The summed E-state index contributed by atoms with van der Waals surface area (Å²) in [5.74, 6) is 6.03. The average molecular weight is 256 g/mol. The van der Waals surface area contributed by atoms with E-state index in [4.69, 9.17) is 5.84 Å². The minimum atomic E-state index is 0.778. The second kappa shape index (κ2) is 6.33. The molecule has 0 heterocycles. The van der Waals surface area contributed by atoms with Crippen LogP contribution in [0.5, 0.6) is 0 Å². The Morgan fingerprint density at radius 1 is 1.00 bits per heavy atom. The maximum absolute atomic E-state index is 6.03. The van der Waals surface area contributed by atoms with Gasteiger partial charge in [-0.05, 0) is 24.1 Å². The molecule has 0 aromatic heterocycles. The van der Waals surface area contributed by atoms with Crippen LogP contribution < -0.4 is 16.5 Å². The lowest BCUT2D eigenvalue weighted by Gasteiger charge is -2.27. The van der Waals surface area contributed by atoms with E-state index in [2.05, 4.69) is 17.7 Å². The van der Waals surface area contributed by atoms with Crippen LogP contribution in [-0.2, 0) is 6.54 Å². The maximum atomic E-state index is 6.03. The number of para-hydroxylation sites is 1. The highest BCUT2D eigenvalue weighted by Crippen LogP contribution is 2.15. The largest absolute Gasteiger partial charge is 0.232 e. The van der Waals surface area contributed by atoms with E-state index in [-0.39, 0.29) is 0 Å². The van der Waals surface area contributed by atoms with Gasteiger partial charge >= 0.3 is 0 Å². The number of nitrogens with zero attached hydrogens (tertiary/aromatic N) is 2. The number of aryl methyl sites for hydroxylation is 1. The Morgan fingerprint density at radius 3 is 2.32 bits per heavy atom. The zero-order chi connectivity index (χ0) is 13.7. The summed E-state index contributed by atoms with van der Waals surface area (Å²) in [5.41, 5.74) is 6.45. The molecule has 0 aliphatic rings. The normalized spacial score (nSPS) is 10.7. The van der Waals surface area contributed by atoms with E-state index in [1.165, 1.54) is 10.7 Å². The monoisotopic (exact) mass is 256 g/mol. The van der Waals surface area contributed by atoms with E-state index in [9.17, 15) is 0 Å². The molecule has 0 atom stereocenters. The van der Waals surface area contributed by atoms with Gasteiger partial charge in [0.15, 0.2) is 0 Å². The van der Waals surface area contributed by atoms with Crippen molar-refractivity contribution >= 4 is 5.69 Å². The second-order valence-corrected chi connectivity index (χ2v) is 4.60. The van der Waals surface area contributed by atoms with E-state index in [1.807, 2.05) is 61.4 Å². The van der Waals surface area contributed by atoms with Crippen molar-refractivity contribution in [2.24, 2.45) is 5.84 Å². The average Bonchev–Trinajstić information content (AvgIpc) is 2.40. The fourth-order valence-corrected chi connectivity index (χ4v) is 1.96. The molecule has 4 heteroatoms. The summed E-state index contributed by atoms with van der Waals surface area (Å²) in [6.07, 6.45) is 0. The van der Waals surface area contributed by atoms with E-state index >= 15 is 0 Å². The standard InChI is InChI=1S/C15H20N4/c1-13-8-6-7-11-15(13)19(16)17-18(2)12-14-9-4-3-5-10-14/h3-11,17H,12,16H2,1-2H3. The summed E-state index contributed by atoms with van der Waals surface area (Å²) in [5, 5.41) is 3.49. The number of hydrogen-bond acceptors (Lipinski definition) is 4. The molecule has 0 aliphatic heterocycles. The first-order valence-corrected chi connectivity index (χ1v) is 6.28. The first-order chi connectivity index (χ1) is 9.16. The summed E-state index contributed by atoms with van der Waals surface area (Å²) in [6, 6.07) is 18.3. The van der Waals surface area contributed by atoms with Gasteiger partial charge in [0.2, 0.25) is 0 Å². The van der Waals surface area contributed by atoms with Crippen molar-refractivity contribution < 1.29 is 0 Å². The van der Waals surface area contributed by atoms with Crippen molar-refractivity contribution in [3.63, 3.8) is 0 Å². The molecular weight excluding hydrogens is 236 g/mol. The lowest BCUT2D eigenvalue weighted by molar-refractivity contribution is 0.216.